The molecule has 15 heavy (non-hydrogen) atoms. The Morgan fingerprint density at radius 1 is 1.40 bits per heavy atom. The van der Waals surface area contributed by atoms with Crippen LogP contribution in [0, 0.1) is 11.3 Å². The van der Waals surface area contributed by atoms with Crippen LogP contribution < -0.4 is 5.32 Å². The topological polar surface area (TPSA) is 62.1 Å². The highest BCUT2D eigenvalue weighted by Crippen LogP contribution is 2.25. The highest BCUT2D eigenvalue weighted by molar-refractivity contribution is 5.70. The second kappa shape index (κ2) is 3.62. The maximum absolute atomic E-state index is 11.0. The summed E-state index contributed by atoms with van der Waals surface area (Å²) in [5.74, 6) is 0. The molecule has 1 saturated heterocycles. The molecule has 2 atom stereocenters. The third kappa shape index (κ3) is 1.77. The number of rotatable bonds is 1. The predicted octanol–water partition coefficient (Wildman–Crippen LogP) is 1.73. The summed E-state index contributed by atoms with van der Waals surface area (Å²) < 4.78 is 5.10. The molecule has 0 spiro atoms. The first-order chi connectivity index (χ1) is 7.20. The van der Waals surface area contributed by atoms with E-state index in [1.807, 2.05) is 13.0 Å². The molecule has 2 rings (SSSR count). The van der Waals surface area contributed by atoms with Crippen molar-refractivity contribution in [2.45, 2.75) is 19.1 Å². The number of hydrogen-bond acceptors (Lipinski definition) is 3. The Kier molecular flexibility index (Phi) is 2.30. The van der Waals surface area contributed by atoms with Crippen molar-refractivity contribution in [1.29, 1.82) is 5.26 Å². The minimum Gasteiger partial charge on any atom is -0.439 e. The number of carbonyl (C=O) groups is 1. The molecule has 0 radical (unpaired) electrons. The molecule has 1 aliphatic rings. The van der Waals surface area contributed by atoms with Crippen LogP contribution in [0.5, 0.6) is 0 Å². The Hall–Kier alpha value is -2.02. The summed E-state index contributed by atoms with van der Waals surface area (Å²) in [5, 5.41) is 11.3. The fourth-order valence-corrected chi connectivity index (χ4v) is 1.62. The molecular formula is C11H10N2O2. The first kappa shape index (κ1) is 9.53. The molecule has 1 aromatic carbocycles. The highest BCUT2D eigenvalue weighted by Gasteiger charge is 2.31. The second-order valence-electron chi connectivity index (χ2n) is 3.49. The van der Waals surface area contributed by atoms with Gasteiger partial charge in [-0.25, -0.2) is 4.79 Å². The van der Waals surface area contributed by atoms with Crippen molar-refractivity contribution < 1.29 is 9.53 Å². The molecule has 0 saturated carbocycles. The van der Waals surface area contributed by atoms with E-state index in [1.165, 1.54) is 0 Å². The molecule has 1 aromatic rings. The van der Waals surface area contributed by atoms with Crippen molar-refractivity contribution in [2.75, 3.05) is 0 Å². The van der Waals surface area contributed by atoms with Crippen LogP contribution in [0.2, 0.25) is 0 Å². The fraction of sp³-hybridized carbons (Fsp3) is 0.273. The largest absolute Gasteiger partial charge is 0.439 e. The number of hydrogen-bond donors (Lipinski definition) is 1. The monoisotopic (exact) mass is 202 g/mol. The Labute approximate surface area is 87.5 Å². The molecule has 0 unspecified atom stereocenters. The van der Waals surface area contributed by atoms with Gasteiger partial charge in [0.15, 0.2) is 0 Å². The van der Waals surface area contributed by atoms with Crippen molar-refractivity contribution in [3.8, 4) is 6.07 Å². The summed E-state index contributed by atoms with van der Waals surface area (Å²) in [7, 11) is 0. The van der Waals surface area contributed by atoms with Crippen LogP contribution in [0.1, 0.15) is 24.2 Å². The summed E-state index contributed by atoms with van der Waals surface area (Å²) in [6.07, 6.45) is -0.651. The van der Waals surface area contributed by atoms with Gasteiger partial charge in [0.25, 0.3) is 0 Å². The van der Waals surface area contributed by atoms with Gasteiger partial charge in [-0.2, -0.15) is 5.26 Å². The van der Waals surface area contributed by atoms with Crippen molar-refractivity contribution in [3.63, 3.8) is 0 Å². The van der Waals surface area contributed by atoms with Gasteiger partial charge in [0.1, 0.15) is 6.10 Å². The van der Waals surface area contributed by atoms with Crippen LogP contribution in [0.25, 0.3) is 0 Å². The van der Waals surface area contributed by atoms with Gasteiger partial charge in [-0.15, -0.1) is 0 Å². The number of ether oxygens (including phenoxy) is 1. The molecule has 1 fully saturated rings. The van der Waals surface area contributed by atoms with Gasteiger partial charge in [0, 0.05) is 0 Å². The minimum atomic E-state index is -0.392. The molecule has 4 nitrogen and oxygen atoms in total. The van der Waals surface area contributed by atoms with Gasteiger partial charge in [-0.05, 0) is 24.6 Å². The molecule has 0 bridgehead atoms. The first-order valence-corrected chi connectivity index (χ1v) is 4.68. The zero-order valence-electron chi connectivity index (χ0n) is 8.23. The molecule has 76 valence electrons. The SMILES string of the molecule is C[C@@H]1NC(=O)O[C@@H]1c1ccc(C#N)cc1. The van der Waals surface area contributed by atoms with E-state index in [9.17, 15) is 4.79 Å². The molecule has 4 heteroatoms. The summed E-state index contributed by atoms with van der Waals surface area (Å²) in [5.41, 5.74) is 1.50. The zero-order valence-corrected chi connectivity index (χ0v) is 8.23. The van der Waals surface area contributed by atoms with E-state index in [-0.39, 0.29) is 12.1 Å². The first-order valence-electron chi connectivity index (χ1n) is 4.68. The third-order valence-electron chi connectivity index (χ3n) is 2.40. The lowest BCUT2D eigenvalue weighted by molar-refractivity contribution is 0.134. The number of nitriles is 1. The van der Waals surface area contributed by atoms with Gasteiger partial charge in [0.2, 0.25) is 0 Å². The number of nitrogens with one attached hydrogen (secondary N) is 1. The number of benzene rings is 1. The van der Waals surface area contributed by atoms with Crippen LogP contribution >= 0.6 is 0 Å². The smallest absolute Gasteiger partial charge is 0.408 e. The van der Waals surface area contributed by atoms with Crippen LogP contribution in [-0.2, 0) is 4.74 Å². The van der Waals surface area contributed by atoms with Gasteiger partial charge in [0.05, 0.1) is 17.7 Å². The minimum absolute atomic E-state index is 0.0366. The van der Waals surface area contributed by atoms with Gasteiger partial charge < -0.3 is 10.1 Å². The molecule has 1 aliphatic heterocycles. The summed E-state index contributed by atoms with van der Waals surface area (Å²) in [6.45, 7) is 1.88. The normalized spacial score (nSPS) is 24.1. The Bertz CT molecular complexity index is 419. The van der Waals surface area contributed by atoms with E-state index in [1.54, 1.807) is 24.3 Å². The van der Waals surface area contributed by atoms with Gasteiger partial charge in [-0.3, -0.25) is 0 Å². The summed E-state index contributed by atoms with van der Waals surface area (Å²) >= 11 is 0. The standard InChI is InChI=1S/C11H10N2O2/c1-7-10(15-11(14)13-7)9-4-2-8(6-12)3-5-9/h2-5,7,10H,1H3,(H,13,14)/t7-,10-/m0/s1. The highest BCUT2D eigenvalue weighted by atomic mass is 16.6. The number of alkyl carbamates (subject to hydrolysis) is 1. The fourth-order valence-electron chi connectivity index (χ4n) is 1.62. The van der Waals surface area contributed by atoms with Gasteiger partial charge in [-0.1, -0.05) is 12.1 Å². The molecular weight excluding hydrogens is 192 g/mol. The molecule has 0 aromatic heterocycles. The van der Waals surface area contributed by atoms with E-state index < -0.39 is 6.09 Å². The molecule has 1 heterocycles. The van der Waals surface area contributed by atoms with Crippen LogP contribution in [0.15, 0.2) is 24.3 Å². The van der Waals surface area contributed by atoms with E-state index in [0.717, 1.165) is 5.56 Å². The van der Waals surface area contributed by atoms with Crippen LogP contribution in [0.3, 0.4) is 0 Å². The van der Waals surface area contributed by atoms with Crippen molar-refractivity contribution in [1.82, 2.24) is 5.32 Å². The van der Waals surface area contributed by atoms with E-state index in [2.05, 4.69) is 5.32 Å². The third-order valence-corrected chi connectivity index (χ3v) is 2.40. The van der Waals surface area contributed by atoms with Crippen LogP contribution in [0.4, 0.5) is 4.79 Å². The Balaban J connectivity index is 2.23. The molecule has 0 aliphatic carbocycles. The molecule has 1 amide bonds. The van der Waals surface area contributed by atoms with E-state index in [4.69, 9.17) is 10.00 Å². The van der Waals surface area contributed by atoms with Crippen molar-refractivity contribution >= 4 is 6.09 Å². The number of carbonyl (C=O) groups excluding carboxylic acids is 1. The quantitative estimate of drug-likeness (QED) is 0.754. The summed E-state index contributed by atoms with van der Waals surface area (Å²) in [6, 6.07) is 9.05. The predicted molar refractivity (Wildman–Crippen MR) is 53.0 cm³/mol. The maximum Gasteiger partial charge on any atom is 0.408 e. The average Bonchev–Trinajstić information content (AvgIpc) is 2.58. The summed E-state index contributed by atoms with van der Waals surface area (Å²) in [4.78, 5) is 11.0. The second-order valence-corrected chi connectivity index (χ2v) is 3.49. The Morgan fingerprint density at radius 2 is 2.07 bits per heavy atom. The lowest BCUT2D eigenvalue weighted by atomic mass is 10.0. The van der Waals surface area contributed by atoms with E-state index >= 15 is 0 Å². The Morgan fingerprint density at radius 3 is 2.53 bits per heavy atom. The van der Waals surface area contributed by atoms with Crippen molar-refractivity contribution in [3.05, 3.63) is 35.4 Å². The lowest BCUT2D eigenvalue weighted by Crippen LogP contribution is -2.23. The molecule has 1 N–H and O–H groups in total. The van der Waals surface area contributed by atoms with E-state index in [0.29, 0.717) is 5.56 Å². The number of cyclic esters (lactones) is 1. The van der Waals surface area contributed by atoms with Crippen molar-refractivity contribution in [2.24, 2.45) is 0 Å². The van der Waals surface area contributed by atoms with Gasteiger partial charge >= 0.3 is 6.09 Å². The maximum atomic E-state index is 11.0. The average molecular weight is 202 g/mol. The number of amides is 1. The lowest BCUT2D eigenvalue weighted by Gasteiger charge is -2.12. The zero-order chi connectivity index (χ0) is 10.8. The number of nitrogens with zero attached hydrogens (tertiary/aromatic N) is 1. The van der Waals surface area contributed by atoms with Crippen LogP contribution in [-0.4, -0.2) is 12.1 Å².